The van der Waals surface area contributed by atoms with Gasteiger partial charge >= 0.3 is 0 Å². The van der Waals surface area contributed by atoms with E-state index in [1.54, 1.807) is 14.2 Å². The highest BCUT2D eigenvalue weighted by molar-refractivity contribution is 4.71. The van der Waals surface area contributed by atoms with E-state index < -0.39 is 0 Å². The highest BCUT2D eigenvalue weighted by atomic mass is 16.5. The summed E-state index contributed by atoms with van der Waals surface area (Å²) < 4.78 is 15.1. The zero-order valence-electron chi connectivity index (χ0n) is 14.5. The van der Waals surface area contributed by atoms with Gasteiger partial charge in [0.25, 0.3) is 0 Å². The van der Waals surface area contributed by atoms with E-state index in [2.05, 4.69) is 32.7 Å². The molecule has 0 amide bonds. The average Bonchev–Trinajstić information content (AvgIpc) is 2.24. The third kappa shape index (κ3) is 17.8. The molecule has 0 aliphatic rings. The van der Waals surface area contributed by atoms with Crippen molar-refractivity contribution in [1.82, 2.24) is 4.90 Å². The van der Waals surface area contributed by atoms with Crippen molar-refractivity contribution >= 4 is 0 Å². The summed E-state index contributed by atoms with van der Waals surface area (Å²) in [6.07, 6.45) is 0. The Hall–Kier alpha value is -0.160. The van der Waals surface area contributed by atoms with Gasteiger partial charge in [-0.2, -0.15) is 0 Å². The van der Waals surface area contributed by atoms with Gasteiger partial charge in [0.2, 0.25) is 0 Å². The average molecular weight is 277 g/mol. The zero-order chi connectivity index (χ0) is 15.5. The largest absolute Gasteiger partial charge is 0.383 e. The first-order valence-electron chi connectivity index (χ1n) is 6.87. The number of nitrogens with zero attached hydrogens (tertiary/aromatic N) is 1. The van der Waals surface area contributed by atoms with Gasteiger partial charge in [-0.15, -0.1) is 0 Å². The maximum Gasteiger partial charge on any atom is 0.0707 e. The summed E-state index contributed by atoms with van der Waals surface area (Å²) in [5.74, 6) is 0. The van der Waals surface area contributed by atoms with Crippen molar-refractivity contribution in [2.24, 2.45) is 0 Å². The first-order valence-corrected chi connectivity index (χ1v) is 6.87. The van der Waals surface area contributed by atoms with E-state index in [1.165, 1.54) is 0 Å². The Morgan fingerprint density at radius 2 is 1.26 bits per heavy atom. The summed E-state index contributed by atoms with van der Waals surface area (Å²) in [5.41, 5.74) is 0.233. The number of ether oxygens (including phenoxy) is 3. The molecule has 0 bridgehead atoms. The molecule has 0 aromatic carbocycles. The number of hydrogen-bond acceptors (Lipinski definition) is 4. The van der Waals surface area contributed by atoms with Crippen LogP contribution in [0.5, 0.6) is 0 Å². The minimum atomic E-state index is -0.0292. The van der Waals surface area contributed by atoms with Crippen molar-refractivity contribution in [2.45, 2.75) is 52.7 Å². The van der Waals surface area contributed by atoms with Gasteiger partial charge in [0.1, 0.15) is 0 Å². The Morgan fingerprint density at radius 1 is 0.789 bits per heavy atom. The molecule has 0 spiro atoms. The van der Waals surface area contributed by atoms with Crippen LogP contribution in [0.15, 0.2) is 0 Å². The second-order valence-corrected chi connectivity index (χ2v) is 6.54. The highest BCUT2D eigenvalue weighted by Gasteiger charge is 2.15. The van der Waals surface area contributed by atoms with Gasteiger partial charge in [0, 0.05) is 26.3 Å². The van der Waals surface area contributed by atoms with Crippen molar-refractivity contribution < 1.29 is 14.2 Å². The third-order valence-corrected chi connectivity index (χ3v) is 2.60. The molecule has 0 saturated carbocycles. The van der Waals surface area contributed by atoms with Crippen LogP contribution < -0.4 is 0 Å². The van der Waals surface area contributed by atoms with E-state index in [1.807, 2.05) is 20.8 Å². The van der Waals surface area contributed by atoms with Gasteiger partial charge in [0.05, 0.1) is 25.4 Å². The van der Waals surface area contributed by atoms with Crippen LogP contribution in [-0.4, -0.2) is 63.7 Å². The van der Waals surface area contributed by atoms with E-state index in [-0.39, 0.29) is 11.1 Å². The number of hydrogen-bond donors (Lipinski definition) is 0. The van der Waals surface area contributed by atoms with Crippen LogP contribution in [0, 0.1) is 0 Å². The SMILES string of the molecule is COCCN(C)C(C)(C)C.COCCOC(C)(C)C. The standard InChI is InChI=1S/C8H19NO.C7H16O2/c1-8(2,3)9(4)6-7-10-5;1-7(2,3)9-6-5-8-4/h6-7H2,1-5H3;5-6H2,1-4H3. The molecule has 0 unspecified atom stereocenters. The van der Waals surface area contributed by atoms with E-state index in [4.69, 9.17) is 14.2 Å². The zero-order valence-corrected chi connectivity index (χ0v) is 14.5. The molecule has 0 aliphatic heterocycles. The fraction of sp³-hybridized carbons (Fsp3) is 1.00. The van der Waals surface area contributed by atoms with Crippen molar-refractivity contribution in [1.29, 1.82) is 0 Å². The molecular formula is C15H35NO3. The van der Waals surface area contributed by atoms with Crippen LogP contribution in [0.4, 0.5) is 0 Å². The van der Waals surface area contributed by atoms with E-state index in [0.717, 1.165) is 13.2 Å². The van der Waals surface area contributed by atoms with Crippen LogP contribution in [0.3, 0.4) is 0 Å². The lowest BCUT2D eigenvalue weighted by Crippen LogP contribution is -2.39. The summed E-state index contributed by atoms with van der Waals surface area (Å²) in [6, 6.07) is 0. The lowest BCUT2D eigenvalue weighted by Gasteiger charge is -2.31. The Bertz CT molecular complexity index is 195. The molecule has 0 atom stereocenters. The molecule has 19 heavy (non-hydrogen) atoms. The molecule has 0 aliphatic carbocycles. The molecule has 0 fully saturated rings. The van der Waals surface area contributed by atoms with Gasteiger partial charge in [-0.1, -0.05) is 0 Å². The topological polar surface area (TPSA) is 30.9 Å². The number of rotatable bonds is 6. The first kappa shape index (κ1) is 21.1. The first-order chi connectivity index (χ1) is 8.54. The monoisotopic (exact) mass is 277 g/mol. The molecule has 4 nitrogen and oxygen atoms in total. The molecular weight excluding hydrogens is 242 g/mol. The smallest absolute Gasteiger partial charge is 0.0707 e. The van der Waals surface area contributed by atoms with Gasteiger partial charge < -0.3 is 14.2 Å². The Kier molecular flexibility index (Phi) is 11.8. The van der Waals surface area contributed by atoms with Crippen LogP contribution in [-0.2, 0) is 14.2 Å². The number of likely N-dealkylation sites (N-methyl/N-ethyl adjacent to an activating group) is 1. The second kappa shape index (κ2) is 10.6. The van der Waals surface area contributed by atoms with E-state index in [0.29, 0.717) is 13.2 Å². The lowest BCUT2D eigenvalue weighted by molar-refractivity contribution is -0.0270. The van der Waals surface area contributed by atoms with E-state index in [9.17, 15) is 0 Å². The fourth-order valence-electron chi connectivity index (χ4n) is 0.995. The van der Waals surface area contributed by atoms with Crippen LogP contribution >= 0.6 is 0 Å². The molecule has 0 heterocycles. The Morgan fingerprint density at radius 3 is 1.58 bits per heavy atom. The quantitative estimate of drug-likeness (QED) is 0.699. The van der Waals surface area contributed by atoms with Crippen molar-refractivity contribution in [2.75, 3.05) is 47.6 Å². The molecule has 0 radical (unpaired) electrons. The van der Waals surface area contributed by atoms with Crippen LogP contribution in [0.25, 0.3) is 0 Å². The van der Waals surface area contributed by atoms with Crippen LogP contribution in [0.2, 0.25) is 0 Å². The molecule has 4 heteroatoms. The minimum Gasteiger partial charge on any atom is -0.383 e. The summed E-state index contributed by atoms with van der Waals surface area (Å²) >= 11 is 0. The lowest BCUT2D eigenvalue weighted by atomic mass is 10.1. The molecule has 0 aromatic heterocycles. The minimum absolute atomic E-state index is 0.0292. The van der Waals surface area contributed by atoms with E-state index >= 15 is 0 Å². The molecule has 118 valence electrons. The molecule has 0 aromatic rings. The predicted octanol–water partition coefficient (Wildman–Crippen LogP) is 2.81. The summed E-state index contributed by atoms with van der Waals surface area (Å²) in [4.78, 5) is 2.27. The van der Waals surface area contributed by atoms with Crippen molar-refractivity contribution in [3.05, 3.63) is 0 Å². The maximum atomic E-state index is 5.34. The predicted molar refractivity (Wildman–Crippen MR) is 81.8 cm³/mol. The normalized spacial score (nSPS) is 12.3. The molecule has 0 rings (SSSR count). The van der Waals surface area contributed by atoms with Crippen molar-refractivity contribution in [3.8, 4) is 0 Å². The number of methoxy groups -OCH3 is 2. The summed E-state index contributed by atoms with van der Waals surface area (Å²) in [5, 5.41) is 0. The Labute approximate surface area is 120 Å². The van der Waals surface area contributed by atoms with Gasteiger partial charge in [-0.3, -0.25) is 4.90 Å². The highest BCUT2D eigenvalue weighted by Crippen LogP contribution is 2.08. The fourth-order valence-corrected chi connectivity index (χ4v) is 0.995. The molecule has 0 N–H and O–H groups in total. The summed E-state index contributed by atoms with van der Waals surface area (Å²) in [6.45, 7) is 15.9. The van der Waals surface area contributed by atoms with Crippen LogP contribution in [0.1, 0.15) is 41.5 Å². The van der Waals surface area contributed by atoms with Gasteiger partial charge in [-0.05, 0) is 48.6 Å². The van der Waals surface area contributed by atoms with Gasteiger partial charge in [0.15, 0.2) is 0 Å². The third-order valence-electron chi connectivity index (χ3n) is 2.60. The Balaban J connectivity index is 0. The van der Waals surface area contributed by atoms with Gasteiger partial charge in [-0.25, -0.2) is 0 Å². The summed E-state index contributed by atoms with van der Waals surface area (Å²) in [7, 11) is 5.52. The second-order valence-electron chi connectivity index (χ2n) is 6.54. The molecule has 0 saturated heterocycles. The maximum absolute atomic E-state index is 5.34. The van der Waals surface area contributed by atoms with Crippen molar-refractivity contribution in [3.63, 3.8) is 0 Å².